The van der Waals surface area contributed by atoms with Crippen molar-refractivity contribution in [1.82, 2.24) is 15.0 Å². The highest BCUT2D eigenvalue weighted by atomic mass is 16.3. The van der Waals surface area contributed by atoms with Crippen molar-refractivity contribution >= 4 is 16.9 Å². The Morgan fingerprint density at radius 3 is 2.89 bits per heavy atom. The fraction of sp³-hybridized carbons (Fsp3) is 0.571. The maximum absolute atomic E-state index is 10.7. The molecule has 2 aromatic heterocycles. The van der Waals surface area contributed by atoms with Crippen molar-refractivity contribution < 1.29 is 5.11 Å². The molecular weight excluding hydrogens is 240 g/mol. The van der Waals surface area contributed by atoms with E-state index < -0.39 is 5.60 Å². The highest BCUT2D eigenvalue weighted by Crippen LogP contribution is 2.32. The van der Waals surface area contributed by atoms with Gasteiger partial charge in [0.25, 0.3) is 0 Å². The standard InChI is InChI=1S/C14H20N4O/c1-10(14(19)6-3-2-4-7-14)18-13-11-5-8-15-12(11)16-9-17-13/h5,8-10,19H,2-4,6-7H2,1H3,(H2,15,16,17,18). The predicted octanol–water partition coefficient (Wildman–Crippen LogP) is 2.45. The van der Waals surface area contributed by atoms with Crippen molar-refractivity contribution in [3.63, 3.8) is 0 Å². The molecule has 1 aliphatic carbocycles. The van der Waals surface area contributed by atoms with Crippen molar-refractivity contribution in [1.29, 1.82) is 0 Å². The molecular formula is C14H20N4O. The molecule has 0 bridgehead atoms. The van der Waals surface area contributed by atoms with Gasteiger partial charge in [0.2, 0.25) is 0 Å². The van der Waals surface area contributed by atoms with E-state index in [0.29, 0.717) is 0 Å². The number of H-pyrrole nitrogens is 1. The van der Waals surface area contributed by atoms with Crippen LogP contribution in [0.1, 0.15) is 39.0 Å². The fourth-order valence-corrected chi connectivity index (χ4v) is 2.92. The van der Waals surface area contributed by atoms with Gasteiger partial charge in [0, 0.05) is 6.20 Å². The van der Waals surface area contributed by atoms with Crippen LogP contribution in [0.3, 0.4) is 0 Å². The van der Waals surface area contributed by atoms with Gasteiger partial charge in [-0.2, -0.15) is 0 Å². The molecule has 0 spiro atoms. The molecule has 5 heteroatoms. The van der Waals surface area contributed by atoms with Crippen molar-refractivity contribution in [3.05, 3.63) is 18.6 Å². The first-order valence-corrected chi connectivity index (χ1v) is 6.96. The average molecular weight is 260 g/mol. The quantitative estimate of drug-likeness (QED) is 0.792. The van der Waals surface area contributed by atoms with Crippen LogP contribution < -0.4 is 5.32 Å². The minimum Gasteiger partial charge on any atom is -0.388 e. The summed E-state index contributed by atoms with van der Waals surface area (Å²) >= 11 is 0. The van der Waals surface area contributed by atoms with E-state index >= 15 is 0 Å². The van der Waals surface area contributed by atoms with E-state index in [4.69, 9.17) is 0 Å². The van der Waals surface area contributed by atoms with E-state index in [9.17, 15) is 5.11 Å². The maximum Gasteiger partial charge on any atom is 0.142 e. The minimum atomic E-state index is -0.619. The fourth-order valence-electron chi connectivity index (χ4n) is 2.92. The number of nitrogens with zero attached hydrogens (tertiary/aromatic N) is 2. The zero-order valence-electron chi connectivity index (χ0n) is 11.2. The Balaban J connectivity index is 1.82. The number of aliphatic hydroxyl groups is 1. The third-order valence-electron chi connectivity index (χ3n) is 4.23. The van der Waals surface area contributed by atoms with E-state index in [-0.39, 0.29) is 6.04 Å². The predicted molar refractivity (Wildman–Crippen MR) is 75.0 cm³/mol. The summed E-state index contributed by atoms with van der Waals surface area (Å²) in [4.78, 5) is 11.5. The van der Waals surface area contributed by atoms with Gasteiger partial charge in [-0.3, -0.25) is 0 Å². The second-order valence-corrected chi connectivity index (χ2v) is 5.49. The first-order valence-electron chi connectivity index (χ1n) is 6.96. The molecule has 3 N–H and O–H groups in total. The smallest absolute Gasteiger partial charge is 0.142 e. The van der Waals surface area contributed by atoms with Crippen molar-refractivity contribution in [2.45, 2.75) is 50.7 Å². The summed E-state index contributed by atoms with van der Waals surface area (Å²) in [6.07, 6.45) is 8.55. The SMILES string of the molecule is CC(Nc1ncnc2[nH]ccc12)C1(O)CCCCC1. The van der Waals surface area contributed by atoms with Gasteiger partial charge in [0.1, 0.15) is 17.8 Å². The van der Waals surface area contributed by atoms with Gasteiger partial charge in [-0.25, -0.2) is 9.97 Å². The number of hydrogen-bond donors (Lipinski definition) is 3. The van der Waals surface area contributed by atoms with Crippen LogP contribution in [0, 0.1) is 0 Å². The molecule has 0 amide bonds. The van der Waals surface area contributed by atoms with E-state index in [0.717, 1.165) is 42.5 Å². The monoisotopic (exact) mass is 260 g/mol. The molecule has 1 unspecified atom stereocenters. The summed E-state index contributed by atoms with van der Waals surface area (Å²) in [6.45, 7) is 2.03. The summed E-state index contributed by atoms with van der Waals surface area (Å²) in [5, 5.41) is 15.0. The molecule has 19 heavy (non-hydrogen) atoms. The number of aromatic nitrogens is 3. The largest absolute Gasteiger partial charge is 0.388 e. The van der Waals surface area contributed by atoms with Gasteiger partial charge < -0.3 is 15.4 Å². The summed E-state index contributed by atoms with van der Waals surface area (Å²) in [5.41, 5.74) is 0.201. The summed E-state index contributed by atoms with van der Waals surface area (Å²) in [6, 6.07) is 1.94. The Hall–Kier alpha value is -1.62. The molecule has 5 nitrogen and oxygen atoms in total. The lowest BCUT2D eigenvalue weighted by atomic mass is 9.80. The van der Waals surface area contributed by atoms with E-state index in [1.807, 2.05) is 19.2 Å². The number of anilines is 1. The van der Waals surface area contributed by atoms with Crippen LogP contribution >= 0.6 is 0 Å². The van der Waals surface area contributed by atoms with Gasteiger partial charge in [-0.15, -0.1) is 0 Å². The Morgan fingerprint density at radius 2 is 2.11 bits per heavy atom. The molecule has 0 saturated heterocycles. The number of fused-ring (bicyclic) bond motifs is 1. The van der Waals surface area contributed by atoms with Crippen LogP contribution in [-0.2, 0) is 0 Å². The molecule has 0 aliphatic heterocycles. The van der Waals surface area contributed by atoms with Gasteiger partial charge >= 0.3 is 0 Å². The molecule has 102 valence electrons. The first-order chi connectivity index (χ1) is 9.19. The maximum atomic E-state index is 10.7. The third-order valence-corrected chi connectivity index (χ3v) is 4.23. The summed E-state index contributed by atoms with van der Waals surface area (Å²) < 4.78 is 0. The Labute approximate surface area is 112 Å². The van der Waals surface area contributed by atoms with Crippen molar-refractivity contribution in [2.75, 3.05) is 5.32 Å². The van der Waals surface area contributed by atoms with Gasteiger partial charge in [-0.1, -0.05) is 19.3 Å². The van der Waals surface area contributed by atoms with E-state index in [1.165, 1.54) is 6.42 Å². The van der Waals surface area contributed by atoms with Crippen LogP contribution in [0.25, 0.3) is 11.0 Å². The van der Waals surface area contributed by atoms with E-state index in [1.54, 1.807) is 6.33 Å². The van der Waals surface area contributed by atoms with Crippen LogP contribution in [0.2, 0.25) is 0 Å². The molecule has 0 radical (unpaired) electrons. The molecule has 1 aliphatic rings. The number of rotatable bonds is 3. The average Bonchev–Trinajstić information content (AvgIpc) is 2.89. The van der Waals surface area contributed by atoms with E-state index in [2.05, 4.69) is 20.3 Å². The molecule has 0 aromatic carbocycles. The van der Waals surface area contributed by atoms with Crippen LogP contribution in [0.4, 0.5) is 5.82 Å². The molecule has 1 atom stereocenters. The zero-order valence-corrected chi connectivity index (χ0v) is 11.2. The molecule has 2 heterocycles. The number of nitrogens with one attached hydrogen (secondary N) is 2. The topological polar surface area (TPSA) is 73.8 Å². The Morgan fingerprint density at radius 1 is 1.32 bits per heavy atom. The highest BCUT2D eigenvalue weighted by Gasteiger charge is 2.35. The second-order valence-electron chi connectivity index (χ2n) is 5.49. The Kier molecular flexibility index (Phi) is 3.14. The molecule has 2 aromatic rings. The number of aromatic amines is 1. The lowest BCUT2D eigenvalue weighted by molar-refractivity contribution is -0.00883. The van der Waals surface area contributed by atoms with Crippen molar-refractivity contribution in [2.24, 2.45) is 0 Å². The normalized spacial score (nSPS) is 20.3. The van der Waals surface area contributed by atoms with Crippen LogP contribution in [0.5, 0.6) is 0 Å². The van der Waals surface area contributed by atoms with Gasteiger partial charge in [-0.05, 0) is 25.8 Å². The molecule has 1 fully saturated rings. The van der Waals surface area contributed by atoms with Crippen LogP contribution in [0.15, 0.2) is 18.6 Å². The van der Waals surface area contributed by atoms with Gasteiger partial charge in [0.15, 0.2) is 0 Å². The molecule has 1 saturated carbocycles. The second kappa shape index (κ2) is 4.81. The molecule has 3 rings (SSSR count). The number of hydrogen-bond acceptors (Lipinski definition) is 4. The Bertz CT molecular complexity index is 559. The summed E-state index contributed by atoms with van der Waals surface area (Å²) in [7, 11) is 0. The van der Waals surface area contributed by atoms with Gasteiger partial charge in [0.05, 0.1) is 17.0 Å². The lowest BCUT2D eigenvalue weighted by Crippen LogP contribution is -2.46. The lowest BCUT2D eigenvalue weighted by Gasteiger charge is -2.38. The third kappa shape index (κ3) is 2.30. The van der Waals surface area contributed by atoms with Crippen molar-refractivity contribution in [3.8, 4) is 0 Å². The van der Waals surface area contributed by atoms with Crippen LogP contribution in [-0.4, -0.2) is 31.7 Å². The minimum absolute atomic E-state index is 0.0131. The zero-order chi connectivity index (χ0) is 13.3. The highest BCUT2D eigenvalue weighted by molar-refractivity contribution is 5.86. The first kappa shape index (κ1) is 12.4. The summed E-state index contributed by atoms with van der Waals surface area (Å²) in [5.74, 6) is 0.790.